The molecule has 0 saturated heterocycles. The van der Waals surface area contributed by atoms with E-state index in [-0.39, 0.29) is 0 Å². The van der Waals surface area contributed by atoms with E-state index < -0.39 is 0 Å². The smallest absolute Gasteiger partial charge is 0.159 e. The first kappa shape index (κ1) is 10.5. The number of Topliss-reactive ketones (excluding diaryl/α,β-unsaturated/α-hetero) is 1. The summed E-state index contributed by atoms with van der Waals surface area (Å²) in [5.74, 6) is 0.331. The highest BCUT2D eigenvalue weighted by atomic mass is 16.5. The van der Waals surface area contributed by atoms with Gasteiger partial charge in [0.2, 0.25) is 0 Å². The van der Waals surface area contributed by atoms with Gasteiger partial charge in [-0.15, -0.1) is 0 Å². The van der Waals surface area contributed by atoms with Crippen LogP contribution in [-0.4, -0.2) is 19.0 Å². The van der Waals surface area contributed by atoms with Crippen LogP contribution in [0.1, 0.15) is 39.5 Å². The van der Waals surface area contributed by atoms with Gasteiger partial charge >= 0.3 is 0 Å². The van der Waals surface area contributed by atoms with Gasteiger partial charge < -0.3 is 4.74 Å². The summed E-state index contributed by atoms with van der Waals surface area (Å²) in [7, 11) is 0. The lowest BCUT2D eigenvalue weighted by atomic mass is 10.1. The van der Waals surface area contributed by atoms with Crippen LogP contribution < -0.4 is 0 Å². The Hall–Kier alpha value is -0.630. The van der Waals surface area contributed by atoms with Crippen LogP contribution in [0.15, 0.2) is 11.1 Å². The van der Waals surface area contributed by atoms with Gasteiger partial charge in [0, 0.05) is 13.0 Å². The van der Waals surface area contributed by atoms with Gasteiger partial charge in [0.1, 0.15) is 0 Å². The summed E-state index contributed by atoms with van der Waals surface area (Å²) in [5.41, 5.74) is 2.29. The Morgan fingerprint density at radius 2 is 2.08 bits per heavy atom. The molecule has 1 aliphatic carbocycles. The predicted octanol–water partition coefficient (Wildman–Crippen LogP) is 2.48. The number of rotatable bonds is 5. The number of hydrogen-bond donors (Lipinski definition) is 0. The van der Waals surface area contributed by atoms with E-state index in [1.165, 1.54) is 5.57 Å². The van der Waals surface area contributed by atoms with Crippen LogP contribution in [-0.2, 0) is 9.53 Å². The summed E-state index contributed by atoms with van der Waals surface area (Å²) in [5, 5.41) is 0. The Kier molecular flexibility index (Phi) is 4.16. The molecule has 0 unspecified atom stereocenters. The Morgan fingerprint density at radius 3 is 2.62 bits per heavy atom. The highest BCUT2D eigenvalue weighted by molar-refractivity contribution is 5.98. The zero-order valence-electron chi connectivity index (χ0n) is 8.56. The lowest BCUT2D eigenvalue weighted by Crippen LogP contribution is -2.02. The molecule has 0 bridgehead atoms. The van der Waals surface area contributed by atoms with Gasteiger partial charge in [-0.3, -0.25) is 4.79 Å². The van der Waals surface area contributed by atoms with Gasteiger partial charge in [0.15, 0.2) is 5.78 Å². The standard InChI is InChI=1S/C11H18O2/c1-3-7-13-8-6-10-9(2)4-5-11(10)12/h3-8H2,1-2H3. The van der Waals surface area contributed by atoms with Crippen LogP contribution in [0.5, 0.6) is 0 Å². The fourth-order valence-corrected chi connectivity index (χ4v) is 1.61. The molecule has 0 amide bonds. The first-order valence-electron chi connectivity index (χ1n) is 5.05. The molecule has 74 valence electrons. The molecule has 0 aromatic rings. The lowest BCUT2D eigenvalue weighted by molar-refractivity contribution is -0.115. The predicted molar refractivity (Wildman–Crippen MR) is 52.7 cm³/mol. The van der Waals surface area contributed by atoms with Crippen LogP contribution in [0, 0.1) is 0 Å². The molecule has 0 heterocycles. The number of carbonyl (C=O) groups excluding carboxylic acids is 1. The molecule has 0 aromatic carbocycles. The second kappa shape index (κ2) is 5.18. The SMILES string of the molecule is CCCOCCC1=C(C)CCC1=O. The number of ether oxygens (including phenoxy) is 1. The van der Waals surface area contributed by atoms with Gasteiger partial charge in [-0.25, -0.2) is 0 Å². The summed E-state index contributed by atoms with van der Waals surface area (Å²) in [6.07, 6.45) is 3.54. The fourth-order valence-electron chi connectivity index (χ4n) is 1.61. The summed E-state index contributed by atoms with van der Waals surface area (Å²) >= 11 is 0. The molecule has 0 fully saturated rings. The molecule has 0 N–H and O–H groups in total. The van der Waals surface area contributed by atoms with Gasteiger partial charge in [-0.2, -0.15) is 0 Å². The third kappa shape index (κ3) is 2.96. The van der Waals surface area contributed by atoms with Crippen molar-refractivity contribution in [3.63, 3.8) is 0 Å². The highest BCUT2D eigenvalue weighted by Crippen LogP contribution is 2.24. The molecular formula is C11H18O2. The van der Waals surface area contributed by atoms with Crippen LogP contribution in [0.3, 0.4) is 0 Å². The molecular weight excluding hydrogens is 164 g/mol. The number of carbonyl (C=O) groups is 1. The molecule has 0 aromatic heterocycles. The maximum atomic E-state index is 11.3. The molecule has 0 radical (unpaired) electrons. The van der Waals surface area contributed by atoms with Crippen molar-refractivity contribution in [2.24, 2.45) is 0 Å². The summed E-state index contributed by atoms with van der Waals surface area (Å²) in [6, 6.07) is 0. The minimum absolute atomic E-state index is 0.331. The largest absolute Gasteiger partial charge is 0.381 e. The van der Waals surface area contributed by atoms with Crippen molar-refractivity contribution in [2.75, 3.05) is 13.2 Å². The van der Waals surface area contributed by atoms with Crippen molar-refractivity contribution < 1.29 is 9.53 Å². The normalized spacial score (nSPS) is 17.2. The second-order valence-corrected chi connectivity index (χ2v) is 3.54. The van der Waals surface area contributed by atoms with Gasteiger partial charge in [-0.05, 0) is 31.8 Å². The molecule has 2 heteroatoms. The third-order valence-corrected chi connectivity index (χ3v) is 2.42. The van der Waals surface area contributed by atoms with E-state index in [9.17, 15) is 4.79 Å². The maximum Gasteiger partial charge on any atom is 0.159 e. The monoisotopic (exact) mass is 182 g/mol. The first-order chi connectivity index (χ1) is 6.25. The number of ketones is 1. The Labute approximate surface area is 80.0 Å². The maximum absolute atomic E-state index is 11.3. The minimum Gasteiger partial charge on any atom is -0.381 e. The molecule has 1 aliphatic rings. The number of hydrogen-bond acceptors (Lipinski definition) is 2. The van der Waals surface area contributed by atoms with E-state index in [1.54, 1.807) is 0 Å². The molecule has 0 saturated carbocycles. The molecule has 1 rings (SSSR count). The third-order valence-electron chi connectivity index (χ3n) is 2.42. The first-order valence-corrected chi connectivity index (χ1v) is 5.05. The molecule has 0 aliphatic heterocycles. The van der Waals surface area contributed by atoms with Crippen molar-refractivity contribution in [1.29, 1.82) is 0 Å². The van der Waals surface area contributed by atoms with Gasteiger partial charge in [0.05, 0.1) is 6.61 Å². The van der Waals surface area contributed by atoms with Gasteiger partial charge in [-0.1, -0.05) is 12.5 Å². The van der Waals surface area contributed by atoms with E-state index in [2.05, 4.69) is 13.8 Å². The van der Waals surface area contributed by atoms with Crippen molar-refractivity contribution in [3.8, 4) is 0 Å². The number of allylic oxidation sites excluding steroid dienone is 1. The van der Waals surface area contributed by atoms with Crippen LogP contribution in [0.2, 0.25) is 0 Å². The Bertz CT molecular complexity index is 216. The topological polar surface area (TPSA) is 26.3 Å². The van der Waals surface area contributed by atoms with Crippen LogP contribution in [0.4, 0.5) is 0 Å². The fraction of sp³-hybridized carbons (Fsp3) is 0.727. The van der Waals surface area contributed by atoms with Crippen LogP contribution in [0.25, 0.3) is 0 Å². The van der Waals surface area contributed by atoms with E-state index >= 15 is 0 Å². The van der Waals surface area contributed by atoms with Crippen molar-refractivity contribution in [1.82, 2.24) is 0 Å². The van der Waals surface area contributed by atoms with Crippen LogP contribution >= 0.6 is 0 Å². The molecule has 2 nitrogen and oxygen atoms in total. The van der Waals surface area contributed by atoms with E-state index in [0.29, 0.717) is 12.4 Å². The summed E-state index contributed by atoms with van der Waals surface area (Å²) < 4.78 is 5.36. The summed E-state index contributed by atoms with van der Waals surface area (Å²) in [6.45, 7) is 5.65. The lowest BCUT2D eigenvalue weighted by Gasteiger charge is -2.03. The molecule has 13 heavy (non-hydrogen) atoms. The van der Waals surface area contributed by atoms with Crippen molar-refractivity contribution >= 4 is 5.78 Å². The molecule has 0 atom stereocenters. The van der Waals surface area contributed by atoms with E-state index in [4.69, 9.17) is 4.74 Å². The molecule has 0 spiro atoms. The van der Waals surface area contributed by atoms with E-state index in [1.807, 2.05) is 0 Å². The minimum atomic E-state index is 0.331. The van der Waals surface area contributed by atoms with Gasteiger partial charge in [0.25, 0.3) is 0 Å². The second-order valence-electron chi connectivity index (χ2n) is 3.54. The zero-order chi connectivity index (χ0) is 9.68. The van der Waals surface area contributed by atoms with Crippen molar-refractivity contribution in [2.45, 2.75) is 39.5 Å². The summed E-state index contributed by atoms with van der Waals surface area (Å²) in [4.78, 5) is 11.3. The highest BCUT2D eigenvalue weighted by Gasteiger charge is 2.18. The van der Waals surface area contributed by atoms with Crippen molar-refractivity contribution in [3.05, 3.63) is 11.1 Å². The quantitative estimate of drug-likeness (QED) is 0.610. The Balaban J connectivity index is 2.27. The average Bonchev–Trinajstić information content (AvgIpc) is 2.42. The van der Waals surface area contributed by atoms with E-state index in [0.717, 1.165) is 37.9 Å². The average molecular weight is 182 g/mol. The zero-order valence-corrected chi connectivity index (χ0v) is 8.56. The Morgan fingerprint density at radius 1 is 1.31 bits per heavy atom.